The van der Waals surface area contributed by atoms with Gasteiger partial charge < -0.3 is 0 Å². The SMILES string of the molecule is O=C1C=Cc2ccc3ccc4ccccc4c3c2/C1=C1\C(=O)C=Cc2ccc3ccc4ccccc4c3c21. The zero-order valence-corrected chi connectivity index (χ0v) is 20.4. The molecule has 38 heavy (non-hydrogen) atoms. The van der Waals surface area contributed by atoms with Crippen molar-refractivity contribution in [3.05, 3.63) is 131 Å². The van der Waals surface area contributed by atoms with E-state index in [1.165, 1.54) is 0 Å². The molecule has 0 N–H and O–H groups in total. The van der Waals surface area contributed by atoms with Crippen LogP contribution in [0.4, 0.5) is 0 Å². The van der Waals surface area contributed by atoms with Gasteiger partial charge in [-0.1, -0.05) is 109 Å². The summed E-state index contributed by atoms with van der Waals surface area (Å²) >= 11 is 0. The van der Waals surface area contributed by atoms with Gasteiger partial charge in [-0.05, 0) is 66.4 Å². The van der Waals surface area contributed by atoms with E-state index in [-0.39, 0.29) is 11.6 Å². The van der Waals surface area contributed by atoms with Crippen molar-refractivity contribution in [2.24, 2.45) is 0 Å². The number of hydrogen-bond donors (Lipinski definition) is 0. The van der Waals surface area contributed by atoms with E-state index in [1.807, 2.05) is 36.4 Å². The van der Waals surface area contributed by atoms with Crippen LogP contribution < -0.4 is 0 Å². The number of rotatable bonds is 0. The molecule has 0 radical (unpaired) electrons. The lowest BCUT2D eigenvalue weighted by Gasteiger charge is -2.24. The maximum absolute atomic E-state index is 13.9. The molecule has 2 heteroatoms. The fourth-order valence-corrected chi connectivity index (χ4v) is 6.28. The van der Waals surface area contributed by atoms with E-state index in [9.17, 15) is 9.59 Å². The highest BCUT2D eigenvalue weighted by molar-refractivity contribution is 6.50. The van der Waals surface area contributed by atoms with E-state index < -0.39 is 0 Å². The third-order valence-electron chi connectivity index (χ3n) is 7.96. The summed E-state index contributed by atoms with van der Waals surface area (Å²) in [5, 5.41) is 8.47. The largest absolute Gasteiger partial charge is 0.289 e. The Morgan fingerprint density at radius 3 is 1.24 bits per heavy atom. The molecule has 0 heterocycles. The first-order chi connectivity index (χ1) is 18.7. The van der Waals surface area contributed by atoms with Gasteiger partial charge in [-0.2, -0.15) is 0 Å². The van der Waals surface area contributed by atoms with E-state index in [0.717, 1.165) is 65.3 Å². The monoisotopic (exact) mass is 484 g/mol. The average Bonchev–Trinajstić information content (AvgIpc) is 2.96. The highest BCUT2D eigenvalue weighted by Gasteiger charge is 2.31. The normalized spacial score (nSPS) is 16.5. The van der Waals surface area contributed by atoms with Crippen LogP contribution in [0.25, 0.3) is 66.4 Å². The topological polar surface area (TPSA) is 34.1 Å². The van der Waals surface area contributed by atoms with Crippen LogP contribution in [0.5, 0.6) is 0 Å². The minimum atomic E-state index is -0.139. The van der Waals surface area contributed by atoms with Crippen molar-refractivity contribution in [1.82, 2.24) is 0 Å². The Hall–Kier alpha value is -5.08. The van der Waals surface area contributed by atoms with Gasteiger partial charge in [0.1, 0.15) is 0 Å². The third-order valence-corrected chi connectivity index (χ3v) is 7.96. The maximum Gasteiger partial charge on any atom is 0.187 e. The van der Waals surface area contributed by atoms with Crippen molar-refractivity contribution in [1.29, 1.82) is 0 Å². The molecular formula is C36H20O2. The molecule has 0 spiro atoms. The Labute approximate surface area is 218 Å². The highest BCUT2D eigenvalue weighted by atomic mass is 16.1. The quantitative estimate of drug-likeness (QED) is 0.160. The Bertz CT molecular complexity index is 2000. The first kappa shape index (κ1) is 21.0. The minimum Gasteiger partial charge on any atom is -0.289 e. The van der Waals surface area contributed by atoms with Crippen molar-refractivity contribution >= 4 is 78.0 Å². The molecule has 0 saturated carbocycles. The molecule has 6 aromatic rings. The number of fused-ring (bicyclic) bond motifs is 10. The summed E-state index contributed by atoms with van der Waals surface area (Å²) < 4.78 is 0. The molecule has 2 nitrogen and oxygen atoms in total. The van der Waals surface area contributed by atoms with E-state index in [0.29, 0.717) is 11.1 Å². The lowest BCUT2D eigenvalue weighted by atomic mass is 9.77. The zero-order valence-electron chi connectivity index (χ0n) is 20.4. The van der Waals surface area contributed by atoms with Gasteiger partial charge in [0.25, 0.3) is 0 Å². The number of carbonyl (C=O) groups is 2. The van der Waals surface area contributed by atoms with Gasteiger partial charge >= 0.3 is 0 Å². The van der Waals surface area contributed by atoms with Gasteiger partial charge in [0, 0.05) is 22.3 Å². The second-order valence-electron chi connectivity index (χ2n) is 9.97. The van der Waals surface area contributed by atoms with Gasteiger partial charge in [-0.3, -0.25) is 9.59 Å². The van der Waals surface area contributed by atoms with Crippen LogP contribution in [0.15, 0.2) is 109 Å². The zero-order chi connectivity index (χ0) is 25.4. The summed E-state index contributed by atoms with van der Waals surface area (Å²) in [6, 6.07) is 33.2. The molecule has 176 valence electrons. The molecule has 0 amide bonds. The Morgan fingerprint density at radius 1 is 0.368 bits per heavy atom. The molecule has 0 fully saturated rings. The molecule has 2 aliphatic carbocycles. The van der Waals surface area contributed by atoms with Crippen LogP contribution >= 0.6 is 0 Å². The van der Waals surface area contributed by atoms with Crippen molar-refractivity contribution in [3.63, 3.8) is 0 Å². The average molecular weight is 485 g/mol. The summed E-state index contributed by atoms with van der Waals surface area (Å²) in [4.78, 5) is 27.7. The number of carbonyl (C=O) groups excluding carboxylic acids is 2. The second-order valence-corrected chi connectivity index (χ2v) is 9.97. The molecule has 8 rings (SSSR count). The smallest absolute Gasteiger partial charge is 0.187 e. The molecule has 0 saturated heterocycles. The van der Waals surface area contributed by atoms with Crippen molar-refractivity contribution in [2.75, 3.05) is 0 Å². The molecule has 2 aliphatic rings. The summed E-state index contributed by atoms with van der Waals surface area (Å²) in [6.07, 6.45) is 6.98. The molecule has 0 bridgehead atoms. The lowest BCUT2D eigenvalue weighted by molar-refractivity contribution is -0.111. The van der Waals surface area contributed by atoms with E-state index in [4.69, 9.17) is 0 Å². The predicted octanol–water partition coefficient (Wildman–Crippen LogP) is 8.40. The van der Waals surface area contributed by atoms with Gasteiger partial charge in [-0.15, -0.1) is 0 Å². The van der Waals surface area contributed by atoms with Gasteiger partial charge in [0.2, 0.25) is 0 Å². The van der Waals surface area contributed by atoms with Crippen LogP contribution in [0, 0.1) is 0 Å². The molecule has 0 atom stereocenters. The predicted molar refractivity (Wildman–Crippen MR) is 158 cm³/mol. The van der Waals surface area contributed by atoms with E-state index in [1.54, 1.807) is 12.2 Å². The van der Waals surface area contributed by atoms with Crippen LogP contribution in [-0.4, -0.2) is 11.6 Å². The summed E-state index contributed by atoms with van der Waals surface area (Å²) in [5.41, 5.74) is 4.55. The number of ketones is 2. The van der Waals surface area contributed by atoms with Crippen LogP contribution in [0.1, 0.15) is 22.3 Å². The van der Waals surface area contributed by atoms with Gasteiger partial charge in [0.15, 0.2) is 11.6 Å². The molecule has 6 aromatic carbocycles. The number of allylic oxidation sites excluding steroid dienone is 4. The molecule has 0 unspecified atom stereocenters. The Morgan fingerprint density at radius 2 is 0.763 bits per heavy atom. The van der Waals surface area contributed by atoms with Crippen molar-refractivity contribution < 1.29 is 9.59 Å². The van der Waals surface area contributed by atoms with Crippen molar-refractivity contribution in [2.45, 2.75) is 0 Å². The first-order valence-corrected chi connectivity index (χ1v) is 12.8. The number of hydrogen-bond acceptors (Lipinski definition) is 2. The molecule has 0 aliphatic heterocycles. The highest BCUT2D eigenvalue weighted by Crippen LogP contribution is 2.45. The lowest BCUT2D eigenvalue weighted by Crippen LogP contribution is -2.15. The van der Waals surface area contributed by atoms with Crippen LogP contribution in [-0.2, 0) is 9.59 Å². The third kappa shape index (κ3) is 2.83. The van der Waals surface area contributed by atoms with Crippen LogP contribution in [0.2, 0.25) is 0 Å². The van der Waals surface area contributed by atoms with Gasteiger partial charge in [-0.25, -0.2) is 0 Å². The Kier molecular flexibility index (Phi) is 4.27. The fourth-order valence-electron chi connectivity index (χ4n) is 6.28. The van der Waals surface area contributed by atoms with Gasteiger partial charge in [0.05, 0.1) is 0 Å². The molecular weight excluding hydrogens is 464 g/mol. The van der Waals surface area contributed by atoms with Crippen molar-refractivity contribution in [3.8, 4) is 0 Å². The van der Waals surface area contributed by atoms with E-state index >= 15 is 0 Å². The summed E-state index contributed by atoms with van der Waals surface area (Å²) in [5.74, 6) is -0.278. The number of benzene rings is 6. The summed E-state index contributed by atoms with van der Waals surface area (Å²) in [6.45, 7) is 0. The first-order valence-electron chi connectivity index (χ1n) is 12.8. The maximum atomic E-state index is 13.9. The van der Waals surface area contributed by atoms with Crippen LogP contribution in [0.3, 0.4) is 0 Å². The molecule has 0 aromatic heterocycles. The Balaban J connectivity index is 1.61. The summed E-state index contributed by atoms with van der Waals surface area (Å²) in [7, 11) is 0. The second kappa shape index (κ2) is 7.71. The van der Waals surface area contributed by atoms with E-state index in [2.05, 4.69) is 72.8 Å². The standard InChI is InChI=1S/C36H20O2/c37-29-19-17-25-15-13-23-11-9-21-5-1-3-7-27(21)31(23)33(25)35(29)36-30(38)20-18-26-16-14-24-12-10-22-6-2-4-8-28(22)32(24)34(26)36/h1-20H/b36-35+. The minimum absolute atomic E-state index is 0.139. The fraction of sp³-hybridized carbons (Fsp3) is 0.